The molecule has 1 atom stereocenters. The first-order valence-corrected chi connectivity index (χ1v) is 6.99. The van der Waals surface area contributed by atoms with Crippen molar-refractivity contribution in [3.8, 4) is 11.5 Å². The molecule has 8 nitrogen and oxygen atoms in total. The number of carbonyl (C=O) groups is 2. The molecule has 1 aromatic carbocycles. The van der Waals surface area contributed by atoms with E-state index >= 15 is 0 Å². The first-order valence-electron chi connectivity index (χ1n) is 6.99. The zero-order chi connectivity index (χ0) is 17.6. The number of ether oxygens (including phenoxy) is 3. The molecule has 0 amide bonds. The van der Waals surface area contributed by atoms with E-state index in [0.717, 1.165) is 0 Å². The second-order valence-corrected chi connectivity index (χ2v) is 5.54. The van der Waals surface area contributed by atoms with Crippen molar-refractivity contribution in [3.05, 3.63) is 33.9 Å². The fourth-order valence-corrected chi connectivity index (χ4v) is 2.89. The van der Waals surface area contributed by atoms with Crippen molar-refractivity contribution in [2.75, 3.05) is 14.2 Å². The minimum absolute atomic E-state index is 0.121. The number of cyclic esters (lactones) is 1. The molecule has 0 spiro atoms. The Hall–Kier alpha value is -3.03. The Morgan fingerprint density at radius 1 is 1.29 bits per heavy atom. The summed E-state index contributed by atoms with van der Waals surface area (Å²) in [5, 5.41) is 10.2. The molecular weight excluding hydrogens is 320 g/mol. The number of benzene rings is 1. The Bertz CT molecular complexity index is 926. The molecule has 1 unspecified atom stereocenters. The molecule has 1 N–H and O–H groups in total. The number of fused-ring (bicyclic) bond motifs is 3. The summed E-state index contributed by atoms with van der Waals surface area (Å²) in [7, 11) is 2.60. The standard InChI is InChI=1S/C16H14O8/c1-16(6-10(18)22-3)12-8-4-7(21-2)5-9(17)11(8)14(19)23-13(12)15(20)24-16/h4-5,17H,6H2,1-3H3. The highest BCUT2D eigenvalue weighted by molar-refractivity contribution is 6.01. The third-order valence-electron chi connectivity index (χ3n) is 3.96. The van der Waals surface area contributed by atoms with Gasteiger partial charge in [0.05, 0.1) is 26.2 Å². The fraction of sp³-hybridized carbons (Fsp3) is 0.312. The average Bonchev–Trinajstić information content (AvgIpc) is 2.77. The van der Waals surface area contributed by atoms with Gasteiger partial charge in [0.2, 0.25) is 5.76 Å². The van der Waals surface area contributed by atoms with E-state index in [9.17, 15) is 19.5 Å². The first kappa shape index (κ1) is 15.9. The van der Waals surface area contributed by atoms with E-state index in [2.05, 4.69) is 4.74 Å². The van der Waals surface area contributed by atoms with E-state index in [0.29, 0.717) is 0 Å². The SMILES string of the molecule is COC(=O)CC1(C)OC(=O)c2oc(=O)c3c(O)cc(OC)cc3c21. The van der Waals surface area contributed by atoms with Crippen LogP contribution in [0.2, 0.25) is 0 Å². The minimum Gasteiger partial charge on any atom is -0.507 e. The molecule has 1 aromatic heterocycles. The summed E-state index contributed by atoms with van der Waals surface area (Å²) in [4.78, 5) is 35.9. The molecule has 2 heterocycles. The lowest BCUT2D eigenvalue weighted by Gasteiger charge is -2.23. The van der Waals surface area contributed by atoms with Crippen molar-refractivity contribution < 1.29 is 33.3 Å². The van der Waals surface area contributed by atoms with Gasteiger partial charge in [-0.25, -0.2) is 9.59 Å². The number of aromatic hydroxyl groups is 1. The summed E-state index contributed by atoms with van der Waals surface area (Å²) in [5.74, 6) is -1.86. The van der Waals surface area contributed by atoms with E-state index in [-0.39, 0.29) is 40.0 Å². The van der Waals surface area contributed by atoms with Gasteiger partial charge in [0.25, 0.3) is 0 Å². The molecule has 126 valence electrons. The van der Waals surface area contributed by atoms with Crippen molar-refractivity contribution in [3.63, 3.8) is 0 Å². The maximum absolute atomic E-state index is 12.1. The molecule has 0 saturated heterocycles. The van der Waals surface area contributed by atoms with E-state index < -0.39 is 23.2 Å². The molecule has 1 aliphatic heterocycles. The largest absolute Gasteiger partial charge is 0.507 e. The average molecular weight is 334 g/mol. The van der Waals surface area contributed by atoms with Gasteiger partial charge in [-0.3, -0.25) is 4.79 Å². The van der Waals surface area contributed by atoms with Gasteiger partial charge >= 0.3 is 17.6 Å². The fourth-order valence-electron chi connectivity index (χ4n) is 2.89. The maximum Gasteiger partial charge on any atom is 0.375 e. The van der Waals surface area contributed by atoms with Gasteiger partial charge in [0, 0.05) is 11.5 Å². The normalized spacial score (nSPS) is 19.0. The highest BCUT2D eigenvalue weighted by Gasteiger charge is 2.47. The van der Waals surface area contributed by atoms with Crippen LogP contribution in [0, 0.1) is 0 Å². The summed E-state index contributed by atoms with van der Waals surface area (Å²) in [6.07, 6.45) is -0.275. The van der Waals surface area contributed by atoms with Crippen LogP contribution < -0.4 is 10.4 Å². The lowest BCUT2D eigenvalue weighted by atomic mass is 9.89. The second kappa shape index (κ2) is 5.26. The topological polar surface area (TPSA) is 112 Å². The number of phenolic OH excluding ortho intramolecular Hbond substituents is 1. The van der Waals surface area contributed by atoms with Crippen molar-refractivity contribution in [2.45, 2.75) is 18.9 Å². The van der Waals surface area contributed by atoms with Crippen molar-refractivity contribution >= 4 is 22.7 Å². The van der Waals surface area contributed by atoms with Gasteiger partial charge in [-0.2, -0.15) is 0 Å². The van der Waals surface area contributed by atoms with Gasteiger partial charge in [-0.05, 0) is 13.0 Å². The molecule has 0 aliphatic carbocycles. The number of rotatable bonds is 3. The van der Waals surface area contributed by atoms with Crippen molar-refractivity contribution in [1.29, 1.82) is 0 Å². The predicted octanol–water partition coefficient (Wildman–Crippen LogP) is 1.46. The third-order valence-corrected chi connectivity index (χ3v) is 3.96. The number of hydrogen-bond acceptors (Lipinski definition) is 8. The van der Waals surface area contributed by atoms with E-state index in [1.54, 1.807) is 0 Å². The summed E-state index contributed by atoms with van der Waals surface area (Å²) in [6, 6.07) is 2.73. The molecule has 8 heteroatoms. The Kier molecular flexibility index (Phi) is 3.47. The molecule has 1 aliphatic rings. The summed E-state index contributed by atoms with van der Waals surface area (Å²) < 4.78 is 20.0. The first-order chi connectivity index (χ1) is 11.3. The summed E-state index contributed by atoms with van der Waals surface area (Å²) >= 11 is 0. The maximum atomic E-state index is 12.1. The minimum atomic E-state index is -1.40. The van der Waals surface area contributed by atoms with Crippen molar-refractivity contribution in [1.82, 2.24) is 0 Å². The van der Waals surface area contributed by atoms with Crippen LogP contribution in [0.3, 0.4) is 0 Å². The van der Waals surface area contributed by atoms with Gasteiger partial charge in [0.15, 0.2) is 0 Å². The summed E-state index contributed by atoms with van der Waals surface area (Å²) in [5.41, 5.74) is -2.09. The van der Waals surface area contributed by atoms with E-state index in [1.807, 2.05) is 0 Å². The van der Waals surface area contributed by atoms with Crippen LogP contribution in [0.15, 0.2) is 21.3 Å². The lowest BCUT2D eigenvalue weighted by molar-refractivity contribution is -0.145. The van der Waals surface area contributed by atoms with Crippen molar-refractivity contribution in [2.24, 2.45) is 0 Å². The van der Waals surface area contributed by atoms with Gasteiger partial charge in [-0.1, -0.05) is 0 Å². The van der Waals surface area contributed by atoms with Gasteiger partial charge in [0.1, 0.15) is 22.5 Å². The quantitative estimate of drug-likeness (QED) is 0.839. The summed E-state index contributed by atoms with van der Waals surface area (Å²) in [6.45, 7) is 1.50. The molecular formula is C16H14O8. The smallest absolute Gasteiger partial charge is 0.375 e. The Labute approximate surface area is 135 Å². The van der Waals surface area contributed by atoms with Gasteiger partial charge < -0.3 is 23.7 Å². The molecule has 0 bridgehead atoms. The number of carbonyl (C=O) groups excluding carboxylic acids is 2. The van der Waals surface area contributed by atoms with Gasteiger partial charge in [-0.15, -0.1) is 0 Å². The van der Waals surface area contributed by atoms with Crippen LogP contribution in [0.5, 0.6) is 11.5 Å². The second-order valence-electron chi connectivity index (χ2n) is 5.54. The highest BCUT2D eigenvalue weighted by Crippen LogP contribution is 2.44. The van der Waals surface area contributed by atoms with Crippen LogP contribution in [0.4, 0.5) is 0 Å². The lowest BCUT2D eigenvalue weighted by Crippen LogP contribution is -2.27. The molecule has 0 saturated carbocycles. The Morgan fingerprint density at radius 3 is 2.62 bits per heavy atom. The number of phenols is 1. The highest BCUT2D eigenvalue weighted by atomic mass is 16.6. The number of methoxy groups -OCH3 is 2. The Morgan fingerprint density at radius 2 is 2.00 bits per heavy atom. The van der Waals surface area contributed by atoms with Crippen LogP contribution in [0.1, 0.15) is 29.5 Å². The van der Waals surface area contributed by atoms with Crippen LogP contribution in [0.25, 0.3) is 10.8 Å². The molecule has 24 heavy (non-hydrogen) atoms. The molecule has 2 aromatic rings. The van der Waals surface area contributed by atoms with E-state index in [1.165, 1.54) is 33.3 Å². The number of hydrogen-bond donors (Lipinski definition) is 1. The molecule has 0 radical (unpaired) electrons. The Balaban J connectivity index is 2.39. The van der Waals surface area contributed by atoms with Crippen LogP contribution in [-0.2, 0) is 19.9 Å². The predicted molar refractivity (Wildman–Crippen MR) is 80.1 cm³/mol. The number of esters is 2. The van der Waals surface area contributed by atoms with Crippen LogP contribution in [-0.4, -0.2) is 31.3 Å². The van der Waals surface area contributed by atoms with Crippen LogP contribution >= 0.6 is 0 Å². The zero-order valence-electron chi connectivity index (χ0n) is 13.2. The molecule has 0 fully saturated rings. The zero-order valence-corrected chi connectivity index (χ0v) is 13.2. The third kappa shape index (κ3) is 2.18. The monoisotopic (exact) mass is 334 g/mol. The molecule has 3 rings (SSSR count). The van der Waals surface area contributed by atoms with E-state index in [4.69, 9.17) is 13.9 Å².